The summed E-state index contributed by atoms with van der Waals surface area (Å²) in [5.41, 5.74) is 2.46. The smallest absolute Gasteiger partial charge is 0.260 e. The number of fused-ring (bicyclic) bond motifs is 1. The number of aromatic nitrogens is 4. The van der Waals surface area contributed by atoms with Crippen molar-refractivity contribution in [3.63, 3.8) is 0 Å². The standard InChI is InChI=1S/C17H20N6O2/c24-17(12-25-16-5-2-6-18-21-16)23-9-7-22(8-10-23)15-11-13-3-1-4-14(13)19-20-15/h2,5-6,11H,1,3-4,7-10,12H2. The minimum absolute atomic E-state index is 0.0165. The molecule has 25 heavy (non-hydrogen) atoms. The monoisotopic (exact) mass is 340 g/mol. The predicted octanol–water partition coefficient (Wildman–Crippen LogP) is 0.483. The minimum Gasteiger partial charge on any atom is -0.466 e. The van der Waals surface area contributed by atoms with Crippen molar-refractivity contribution in [3.05, 3.63) is 35.7 Å². The third-order valence-electron chi connectivity index (χ3n) is 4.65. The van der Waals surface area contributed by atoms with Crippen LogP contribution in [0, 0.1) is 0 Å². The lowest BCUT2D eigenvalue weighted by atomic mass is 10.2. The SMILES string of the molecule is O=C(COc1cccnn1)N1CCN(c2cc3c(nn2)CCC3)CC1. The molecule has 4 rings (SSSR count). The molecule has 130 valence electrons. The lowest BCUT2D eigenvalue weighted by Crippen LogP contribution is -2.50. The topological polar surface area (TPSA) is 84.3 Å². The predicted molar refractivity (Wildman–Crippen MR) is 90.4 cm³/mol. The first-order valence-corrected chi connectivity index (χ1v) is 8.58. The van der Waals surface area contributed by atoms with E-state index >= 15 is 0 Å². The summed E-state index contributed by atoms with van der Waals surface area (Å²) in [6.45, 7) is 2.80. The number of nitrogens with zero attached hydrogens (tertiary/aromatic N) is 6. The average Bonchev–Trinajstić information content (AvgIpc) is 3.15. The molecule has 8 nitrogen and oxygen atoms in total. The van der Waals surface area contributed by atoms with Gasteiger partial charge in [0.05, 0.1) is 5.69 Å². The number of ether oxygens (including phenoxy) is 1. The van der Waals surface area contributed by atoms with Crippen LogP contribution in [0.25, 0.3) is 0 Å². The van der Waals surface area contributed by atoms with Gasteiger partial charge >= 0.3 is 0 Å². The second-order valence-corrected chi connectivity index (χ2v) is 6.25. The van der Waals surface area contributed by atoms with E-state index in [0.29, 0.717) is 19.0 Å². The summed E-state index contributed by atoms with van der Waals surface area (Å²) in [4.78, 5) is 16.3. The van der Waals surface area contributed by atoms with E-state index in [9.17, 15) is 4.79 Å². The third kappa shape index (κ3) is 3.52. The molecule has 1 aliphatic carbocycles. The van der Waals surface area contributed by atoms with Gasteiger partial charge in [0.15, 0.2) is 12.4 Å². The molecule has 8 heteroatoms. The molecule has 0 saturated carbocycles. The molecule has 2 aromatic heterocycles. The van der Waals surface area contributed by atoms with Gasteiger partial charge in [-0.3, -0.25) is 4.79 Å². The second kappa shape index (κ2) is 7.00. The van der Waals surface area contributed by atoms with Crippen molar-refractivity contribution in [2.24, 2.45) is 0 Å². The zero-order chi connectivity index (χ0) is 17.1. The number of anilines is 1. The van der Waals surface area contributed by atoms with Gasteiger partial charge in [-0.1, -0.05) is 0 Å². The molecule has 1 fully saturated rings. The lowest BCUT2D eigenvalue weighted by molar-refractivity contribution is -0.133. The normalized spacial score (nSPS) is 16.6. The molecule has 0 atom stereocenters. The van der Waals surface area contributed by atoms with Crippen LogP contribution in [0.2, 0.25) is 0 Å². The van der Waals surface area contributed by atoms with Gasteiger partial charge in [-0.05, 0) is 37.0 Å². The van der Waals surface area contributed by atoms with Gasteiger partial charge in [0.1, 0.15) is 0 Å². The molecular formula is C17H20N6O2. The number of rotatable bonds is 4. The van der Waals surface area contributed by atoms with Crippen LogP contribution < -0.4 is 9.64 Å². The molecule has 0 bridgehead atoms. The quantitative estimate of drug-likeness (QED) is 0.800. The van der Waals surface area contributed by atoms with E-state index in [1.54, 1.807) is 18.3 Å². The van der Waals surface area contributed by atoms with E-state index in [2.05, 4.69) is 31.4 Å². The van der Waals surface area contributed by atoms with E-state index in [0.717, 1.165) is 37.4 Å². The van der Waals surface area contributed by atoms with Crippen LogP contribution in [0.1, 0.15) is 17.7 Å². The fourth-order valence-corrected chi connectivity index (χ4v) is 3.25. The fourth-order valence-electron chi connectivity index (χ4n) is 3.25. The van der Waals surface area contributed by atoms with Gasteiger partial charge in [-0.15, -0.1) is 10.2 Å². The van der Waals surface area contributed by atoms with Crippen LogP contribution in [-0.2, 0) is 17.6 Å². The van der Waals surface area contributed by atoms with Crippen molar-refractivity contribution in [2.45, 2.75) is 19.3 Å². The maximum absolute atomic E-state index is 12.3. The first-order valence-electron chi connectivity index (χ1n) is 8.58. The number of carbonyl (C=O) groups excluding carboxylic acids is 1. The van der Waals surface area contributed by atoms with Gasteiger partial charge in [0.25, 0.3) is 5.91 Å². The molecule has 0 radical (unpaired) electrons. The number of hydrogen-bond acceptors (Lipinski definition) is 7. The lowest BCUT2D eigenvalue weighted by Gasteiger charge is -2.35. The molecule has 0 unspecified atom stereocenters. The number of amides is 1. The van der Waals surface area contributed by atoms with Crippen LogP contribution in [0.15, 0.2) is 24.4 Å². The van der Waals surface area contributed by atoms with Gasteiger partial charge in [-0.2, -0.15) is 10.2 Å². The summed E-state index contributed by atoms with van der Waals surface area (Å²) in [7, 11) is 0. The summed E-state index contributed by atoms with van der Waals surface area (Å²) in [5.74, 6) is 1.25. The molecule has 0 aromatic carbocycles. The van der Waals surface area contributed by atoms with E-state index in [-0.39, 0.29) is 12.5 Å². The number of piperazine rings is 1. The van der Waals surface area contributed by atoms with Crippen molar-refractivity contribution in [3.8, 4) is 5.88 Å². The highest BCUT2D eigenvalue weighted by atomic mass is 16.5. The molecule has 1 amide bonds. The summed E-state index contributed by atoms with van der Waals surface area (Å²) in [6, 6.07) is 5.57. The van der Waals surface area contributed by atoms with Crippen LogP contribution in [0.3, 0.4) is 0 Å². The van der Waals surface area contributed by atoms with Gasteiger partial charge in [0.2, 0.25) is 5.88 Å². The molecule has 0 N–H and O–H groups in total. The number of aryl methyl sites for hydroxylation is 2. The van der Waals surface area contributed by atoms with E-state index in [1.165, 1.54) is 12.0 Å². The first kappa shape index (κ1) is 15.7. The van der Waals surface area contributed by atoms with E-state index in [4.69, 9.17) is 4.74 Å². The Labute approximate surface area is 145 Å². The summed E-state index contributed by atoms with van der Waals surface area (Å²) < 4.78 is 5.38. The van der Waals surface area contributed by atoms with Crippen molar-refractivity contribution in [1.82, 2.24) is 25.3 Å². The molecule has 1 saturated heterocycles. The van der Waals surface area contributed by atoms with Gasteiger partial charge in [-0.25, -0.2) is 0 Å². The van der Waals surface area contributed by atoms with Crippen molar-refractivity contribution >= 4 is 11.7 Å². The second-order valence-electron chi connectivity index (χ2n) is 6.25. The molecule has 2 aromatic rings. The van der Waals surface area contributed by atoms with Crippen LogP contribution >= 0.6 is 0 Å². The average molecular weight is 340 g/mol. The number of carbonyl (C=O) groups is 1. The Morgan fingerprint density at radius 3 is 2.80 bits per heavy atom. The zero-order valence-electron chi connectivity index (χ0n) is 14.0. The highest BCUT2D eigenvalue weighted by Crippen LogP contribution is 2.23. The van der Waals surface area contributed by atoms with Crippen molar-refractivity contribution < 1.29 is 9.53 Å². The van der Waals surface area contributed by atoms with Crippen molar-refractivity contribution in [2.75, 3.05) is 37.7 Å². The Morgan fingerprint density at radius 1 is 1.12 bits per heavy atom. The highest BCUT2D eigenvalue weighted by molar-refractivity contribution is 5.78. The van der Waals surface area contributed by atoms with Crippen LogP contribution in [0.4, 0.5) is 5.82 Å². The Hall–Kier alpha value is -2.77. The summed E-state index contributed by atoms with van der Waals surface area (Å²) >= 11 is 0. The maximum atomic E-state index is 12.3. The van der Waals surface area contributed by atoms with Gasteiger partial charge < -0.3 is 14.5 Å². The van der Waals surface area contributed by atoms with Crippen LogP contribution in [-0.4, -0.2) is 64.0 Å². The third-order valence-corrected chi connectivity index (χ3v) is 4.65. The Kier molecular flexibility index (Phi) is 4.41. The molecule has 0 spiro atoms. The Balaban J connectivity index is 1.30. The fraction of sp³-hybridized carbons (Fsp3) is 0.471. The molecular weight excluding hydrogens is 320 g/mol. The molecule has 2 aliphatic rings. The first-order chi connectivity index (χ1) is 12.3. The maximum Gasteiger partial charge on any atom is 0.260 e. The van der Waals surface area contributed by atoms with Gasteiger partial charge in [0, 0.05) is 38.4 Å². The molecule has 1 aliphatic heterocycles. The van der Waals surface area contributed by atoms with Crippen molar-refractivity contribution in [1.29, 1.82) is 0 Å². The number of hydrogen-bond donors (Lipinski definition) is 0. The Morgan fingerprint density at radius 2 is 2.00 bits per heavy atom. The Bertz CT molecular complexity index is 746. The van der Waals surface area contributed by atoms with Crippen LogP contribution in [0.5, 0.6) is 5.88 Å². The zero-order valence-corrected chi connectivity index (χ0v) is 14.0. The summed E-state index contributed by atoms with van der Waals surface area (Å²) in [5, 5.41) is 16.2. The minimum atomic E-state index is -0.0367. The van der Waals surface area contributed by atoms with E-state index < -0.39 is 0 Å². The highest BCUT2D eigenvalue weighted by Gasteiger charge is 2.23. The van der Waals surface area contributed by atoms with E-state index in [1.807, 2.05) is 4.90 Å². The molecule has 3 heterocycles. The summed E-state index contributed by atoms with van der Waals surface area (Å²) in [6.07, 6.45) is 4.87. The largest absolute Gasteiger partial charge is 0.466 e.